The van der Waals surface area contributed by atoms with Crippen LogP contribution in [0.2, 0.25) is 0 Å². The van der Waals surface area contributed by atoms with Crippen molar-refractivity contribution in [2.45, 2.75) is 5.25 Å². The maximum absolute atomic E-state index is 11.5. The van der Waals surface area contributed by atoms with Crippen LogP contribution in [-0.4, -0.2) is 31.3 Å². The molecule has 2 unspecified atom stereocenters. The zero-order valence-corrected chi connectivity index (χ0v) is 7.87. The van der Waals surface area contributed by atoms with Gasteiger partial charge in [0, 0.05) is 18.1 Å². The van der Waals surface area contributed by atoms with E-state index >= 15 is 0 Å². The van der Waals surface area contributed by atoms with Gasteiger partial charge in [-0.2, -0.15) is 11.8 Å². The SMILES string of the molecule is CNP(=O)(CC1CS1)OC. The molecule has 1 N–H and O–H groups in total. The van der Waals surface area contributed by atoms with Crippen molar-refractivity contribution in [3.63, 3.8) is 0 Å². The van der Waals surface area contributed by atoms with Gasteiger partial charge in [0.05, 0.1) is 6.16 Å². The smallest absolute Gasteiger partial charge is 0.270 e. The van der Waals surface area contributed by atoms with Crippen LogP contribution in [0.25, 0.3) is 0 Å². The molecule has 0 radical (unpaired) electrons. The zero-order chi connectivity index (χ0) is 7.61. The van der Waals surface area contributed by atoms with E-state index in [1.165, 1.54) is 7.11 Å². The molecule has 0 spiro atoms. The molecule has 2 atom stereocenters. The van der Waals surface area contributed by atoms with Crippen LogP contribution in [0.15, 0.2) is 0 Å². The van der Waals surface area contributed by atoms with Gasteiger partial charge in [-0.3, -0.25) is 4.57 Å². The van der Waals surface area contributed by atoms with E-state index in [-0.39, 0.29) is 0 Å². The standard InChI is InChI=1S/C5H12NO2PS/c1-6-9(7,8-2)3-5-4-10-5/h5H,3-4H2,1-2H3,(H,6,7). The average molecular weight is 181 g/mol. The first-order valence-corrected chi connectivity index (χ1v) is 6.01. The largest absolute Gasteiger partial charge is 0.321 e. The average Bonchev–Trinajstić information content (AvgIpc) is 2.72. The van der Waals surface area contributed by atoms with E-state index in [1.807, 2.05) is 11.8 Å². The van der Waals surface area contributed by atoms with Crippen molar-refractivity contribution < 1.29 is 9.09 Å². The molecule has 1 heterocycles. The molecule has 60 valence electrons. The lowest BCUT2D eigenvalue weighted by molar-refractivity contribution is 0.386. The Bertz CT molecular complexity index is 152. The minimum Gasteiger partial charge on any atom is -0.321 e. The second-order valence-electron chi connectivity index (χ2n) is 2.22. The van der Waals surface area contributed by atoms with Crippen molar-refractivity contribution in [1.29, 1.82) is 0 Å². The van der Waals surface area contributed by atoms with Gasteiger partial charge in [-0.15, -0.1) is 0 Å². The van der Waals surface area contributed by atoms with Crippen LogP contribution < -0.4 is 5.09 Å². The van der Waals surface area contributed by atoms with Crippen LogP contribution in [0.1, 0.15) is 0 Å². The Balaban J connectivity index is 2.37. The first-order chi connectivity index (χ1) is 4.70. The molecule has 5 heteroatoms. The van der Waals surface area contributed by atoms with E-state index in [9.17, 15) is 4.57 Å². The molecule has 3 nitrogen and oxygen atoms in total. The summed E-state index contributed by atoms with van der Waals surface area (Å²) in [5.41, 5.74) is 0. The summed E-state index contributed by atoms with van der Waals surface area (Å²) >= 11 is 1.83. The normalized spacial score (nSPS) is 29.6. The molecule has 0 aromatic rings. The Morgan fingerprint density at radius 2 is 2.50 bits per heavy atom. The molecule has 0 aromatic heterocycles. The topological polar surface area (TPSA) is 38.3 Å². The highest BCUT2D eigenvalue weighted by molar-refractivity contribution is 8.07. The third-order valence-electron chi connectivity index (χ3n) is 1.48. The lowest BCUT2D eigenvalue weighted by Crippen LogP contribution is -2.10. The zero-order valence-electron chi connectivity index (χ0n) is 6.16. The first-order valence-electron chi connectivity index (χ1n) is 3.15. The fourth-order valence-corrected chi connectivity index (χ4v) is 3.32. The predicted octanol–water partition coefficient (Wildman–Crippen LogP) is 1.16. The van der Waals surface area contributed by atoms with Gasteiger partial charge in [0.1, 0.15) is 0 Å². The van der Waals surface area contributed by atoms with Crippen molar-refractivity contribution in [1.82, 2.24) is 5.09 Å². The summed E-state index contributed by atoms with van der Waals surface area (Å²) in [5, 5.41) is 3.29. The molecule has 10 heavy (non-hydrogen) atoms. The highest BCUT2D eigenvalue weighted by Crippen LogP contribution is 2.48. The van der Waals surface area contributed by atoms with E-state index < -0.39 is 7.52 Å². The number of hydrogen-bond donors (Lipinski definition) is 1. The van der Waals surface area contributed by atoms with Crippen LogP contribution in [-0.2, 0) is 9.09 Å². The van der Waals surface area contributed by atoms with E-state index in [0.29, 0.717) is 11.4 Å². The molecule has 0 aromatic carbocycles. The Hall–Kier alpha value is 0.500. The van der Waals surface area contributed by atoms with E-state index in [0.717, 1.165) is 5.75 Å². The summed E-state index contributed by atoms with van der Waals surface area (Å²) in [7, 11) is 0.723. The van der Waals surface area contributed by atoms with Gasteiger partial charge in [-0.1, -0.05) is 0 Å². The minimum atomic E-state index is -2.45. The summed E-state index contributed by atoms with van der Waals surface area (Å²) in [6.07, 6.45) is 0.671. The summed E-state index contributed by atoms with van der Waals surface area (Å²) in [5.74, 6) is 1.13. The monoisotopic (exact) mass is 181 g/mol. The predicted molar refractivity (Wildman–Crippen MR) is 44.8 cm³/mol. The summed E-state index contributed by atoms with van der Waals surface area (Å²) < 4.78 is 16.3. The molecule has 0 bridgehead atoms. The molecule has 1 aliphatic rings. The first kappa shape index (κ1) is 8.60. The second kappa shape index (κ2) is 3.26. The van der Waals surface area contributed by atoms with Crippen LogP contribution in [0.3, 0.4) is 0 Å². The molecule has 1 rings (SSSR count). The van der Waals surface area contributed by atoms with E-state index in [1.54, 1.807) is 7.05 Å². The van der Waals surface area contributed by atoms with Gasteiger partial charge >= 0.3 is 0 Å². The number of rotatable bonds is 4. The Morgan fingerprint density at radius 3 is 2.80 bits per heavy atom. The van der Waals surface area contributed by atoms with Crippen molar-refractivity contribution in [3.05, 3.63) is 0 Å². The van der Waals surface area contributed by atoms with Gasteiger partial charge in [-0.25, -0.2) is 5.09 Å². The molecule has 0 aliphatic carbocycles. The maximum atomic E-state index is 11.5. The maximum Gasteiger partial charge on any atom is 0.270 e. The van der Waals surface area contributed by atoms with Gasteiger partial charge in [-0.05, 0) is 7.05 Å². The van der Waals surface area contributed by atoms with Gasteiger partial charge in [0.25, 0.3) is 7.52 Å². The van der Waals surface area contributed by atoms with Crippen LogP contribution in [0.4, 0.5) is 0 Å². The highest BCUT2D eigenvalue weighted by Gasteiger charge is 2.32. The summed E-state index contributed by atoms with van der Waals surface area (Å²) in [4.78, 5) is 0. The molecule has 1 saturated heterocycles. The number of thioether (sulfide) groups is 1. The number of nitrogens with one attached hydrogen (secondary N) is 1. The third-order valence-corrected chi connectivity index (χ3v) is 4.89. The fraction of sp³-hybridized carbons (Fsp3) is 1.00. The van der Waals surface area contributed by atoms with Crippen molar-refractivity contribution in [3.8, 4) is 0 Å². The van der Waals surface area contributed by atoms with Gasteiger partial charge in [0.15, 0.2) is 0 Å². The van der Waals surface area contributed by atoms with Crippen LogP contribution >= 0.6 is 19.3 Å². The van der Waals surface area contributed by atoms with E-state index in [2.05, 4.69) is 5.09 Å². The lowest BCUT2D eigenvalue weighted by atomic mass is 10.6. The third kappa shape index (κ3) is 2.27. The fourth-order valence-electron chi connectivity index (χ4n) is 0.699. The van der Waals surface area contributed by atoms with Gasteiger partial charge < -0.3 is 4.52 Å². The molecular weight excluding hydrogens is 169 g/mol. The second-order valence-corrected chi connectivity index (χ2v) is 6.08. The minimum absolute atomic E-state index is 0.568. The lowest BCUT2D eigenvalue weighted by Gasteiger charge is -2.12. The van der Waals surface area contributed by atoms with Gasteiger partial charge in [0.2, 0.25) is 0 Å². The Kier molecular flexibility index (Phi) is 2.81. The molecule has 1 aliphatic heterocycles. The van der Waals surface area contributed by atoms with Crippen LogP contribution in [0.5, 0.6) is 0 Å². The number of hydrogen-bond acceptors (Lipinski definition) is 3. The molecule has 0 saturated carbocycles. The summed E-state index contributed by atoms with van der Waals surface area (Å²) in [6.45, 7) is 0. The quantitative estimate of drug-likeness (QED) is 0.521. The summed E-state index contributed by atoms with van der Waals surface area (Å²) in [6, 6.07) is 0. The van der Waals surface area contributed by atoms with Crippen LogP contribution in [0, 0.1) is 0 Å². The molecular formula is C5H12NO2PS. The highest BCUT2D eigenvalue weighted by atomic mass is 32.2. The Morgan fingerprint density at radius 1 is 1.90 bits per heavy atom. The molecule has 0 amide bonds. The molecule has 1 fully saturated rings. The van der Waals surface area contributed by atoms with Crippen molar-refractivity contribution in [2.75, 3.05) is 26.1 Å². The van der Waals surface area contributed by atoms with Crippen molar-refractivity contribution in [2.24, 2.45) is 0 Å². The van der Waals surface area contributed by atoms with Crippen molar-refractivity contribution >= 4 is 19.3 Å². The Labute approximate surface area is 65.4 Å². The van der Waals surface area contributed by atoms with E-state index in [4.69, 9.17) is 4.52 Å².